The summed E-state index contributed by atoms with van der Waals surface area (Å²) in [7, 11) is 0. The fraction of sp³-hybridized carbons (Fsp3) is 0.500. The van der Waals surface area contributed by atoms with Crippen LogP contribution in [0.15, 0.2) is 47.1 Å². The molecule has 0 saturated carbocycles. The maximum absolute atomic E-state index is 12.6. The first-order chi connectivity index (χ1) is 14.0. The van der Waals surface area contributed by atoms with Crippen molar-refractivity contribution in [1.82, 2.24) is 0 Å². The molecular formula is C22H28O8. The van der Waals surface area contributed by atoms with Crippen molar-refractivity contribution in [2.75, 3.05) is 6.61 Å². The summed E-state index contributed by atoms with van der Waals surface area (Å²) in [6.07, 6.45) is 0.788. The summed E-state index contributed by atoms with van der Waals surface area (Å²) in [6.45, 7) is 9.88. The van der Waals surface area contributed by atoms with Crippen molar-refractivity contribution >= 4 is 17.9 Å². The third kappa shape index (κ3) is 5.67. The third-order valence-corrected chi connectivity index (χ3v) is 5.11. The van der Waals surface area contributed by atoms with Crippen LogP contribution in [0.25, 0.3) is 0 Å². The second kappa shape index (κ2) is 9.86. The van der Waals surface area contributed by atoms with E-state index in [1.807, 2.05) is 0 Å². The molecule has 1 saturated heterocycles. The highest BCUT2D eigenvalue weighted by Crippen LogP contribution is 2.36. The van der Waals surface area contributed by atoms with Gasteiger partial charge in [-0.1, -0.05) is 18.2 Å². The molecule has 0 bridgehead atoms. The maximum Gasteiger partial charge on any atom is 0.334 e. The minimum atomic E-state index is -1.15. The van der Waals surface area contributed by atoms with E-state index in [1.165, 1.54) is 26.0 Å². The molecule has 2 N–H and O–H groups in total. The second-order valence-electron chi connectivity index (χ2n) is 7.62. The van der Waals surface area contributed by atoms with Crippen molar-refractivity contribution in [3.05, 3.63) is 47.1 Å². The van der Waals surface area contributed by atoms with Gasteiger partial charge in [-0.25, -0.2) is 9.59 Å². The van der Waals surface area contributed by atoms with E-state index in [4.69, 9.17) is 14.2 Å². The Hall–Kier alpha value is -2.71. The average molecular weight is 420 g/mol. The molecule has 0 aromatic carbocycles. The van der Waals surface area contributed by atoms with Crippen LogP contribution >= 0.6 is 0 Å². The number of hydrogen-bond donors (Lipinski definition) is 2. The van der Waals surface area contributed by atoms with Crippen LogP contribution in [0.2, 0.25) is 0 Å². The van der Waals surface area contributed by atoms with Gasteiger partial charge in [0.05, 0.1) is 5.92 Å². The molecule has 1 aliphatic heterocycles. The Kier molecular flexibility index (Phi) is 7.75. The molecule has 0 spiro atoms. The SMILES string of the molecule is C=C1C(=O)O[C@H]2/C=C(\C)[C@@H](O)[C@H](O)/C=C(/C)C[C@@H](OC(=O)/C(C)=C\COC(C)=O)[C@@H]12. The molecule has 0 amide bonds. The molecule has 2 rings (SSSR count). The highest BCUT2D eigenvalue weighted by molar-refractivity contribution is 5.92. The van der Waals surface area contributed by atoms with Crippen LogP contribution in [-0.4, -0.2) is 59.1 Å². The largest absolute Gasteiger partial charge is 0.462 e. The summed E-state index contributed by atoms with van der Waals surface area (Å²) >= 11 is 0. The van der Waals surface area contributed by atoms with Gasteiger partial charge in [0.15, 0.2) is 0 Å². The predicted octanol–water partition coefficient (Wildman–Crippen LogP) is 1.52. The lowest BCUT2D eigenvalue weighted by atomic mass is 9.84. The number of fused-ring (bicyclic) bond motifs is 1. The van der Waals surface area contributed by atoms with Crippen LogP contribution in [-0.2, 0) is 28.6 Å². The highest BCUT2D eigenvalue weighted by Gasteiger charge is 2.45. The normalized spacial score (nSPS) is 33.4. The number of aliphatic hydroxyl groups is 2. The van der Waals surface area contributed by atoms with Gasteiger partial charge in [-0.3, -0.25) is 4.79 Å². The molecule has 1 heterocycles. The standard InChI is InChI=1S/C22H28O8/c1-11-8-16(24)20(25)13(3)10-18-19(14(4)22(27)30-18)17(9-11)29-21(26)12(2)6-7-28-15(5)23/h6,8,10,16-20,24-25H,4,7,9H2,1-3,5H3/b11-8-,12-6-,13-10+/t16-,17-,18+,19-,20-/m1/s1. The third-order valence-electron chi connectivity index (χ3n) is 5.11. The quantitative estimate of drug-likeness (QED) is 0.304. The Bertz CT molecular complexity index is 819. The van der Waals surface area contributed by atoms with Gasteiger partial charge < -0.3 is 24.4 Å². The number of hydrogen-bond acceptors (Lipinski definition) is 8. The molecule has 8 heteroatoms. The Morgan fingerprint density at radius 3 is 2.57 bits per heavy atom. The maximum atomic E-state index is 12.6. The summed E-state index contributed by atoms with van der Waals surface area (Å²) in [4.78, 5) is 35.6. The minimum absolute atomic E-state index is 0.0633. The van der Waals surface area contributed by atoms with Gasteiger partial charge in [-0.15, -0.1) is 0 Å². The molecular weight excluding hydrogens is 392 g/mol. The van der Waals surface area contributed by atoms with E-state index in [-0.39, 0.29) is 24.2 Å². The molecule has 0 aromatic rings. The van der Waals surface area contributed by atoms with E-state index in [2.05, 4.69) is 6.58 Å². The molecule has 30 heavy (non-hydrogen) atoms. The molecule has 1 aliphatic carbocycles. The molecule has 164 valence electrons. The van der Waals surface area contributed by atoms with Crippen LogP contribution in [0.3, 0.4) is 0 Å². The second-order valence-corrected chi connectivity index (χ2v) is 7.62. The first kappa shape index (κ1) is 23.6. The highest BCUT2D eigenvalue weighted by atomic mass is 16.6. The van der Waals surface area contributed by atoms with Gasteiger partial charge in [0, 0.05) is 24.5 Å². The topological polar surface area (TPSA) is 119 Å². The summed E-state index contributed by atoms with van der Waals surface area (Å²) in [5.41, 5.74) is 1.51. The first-order valence-electron chi connectivity index (χ1n) is 9.63. The van der Waals surface area contributed by atoms with Crippen molar-refractivity contribution in [3.63, 3.8) is 0 Å². The van der Waals surface area contributed by atoms with Crippen molar-refractivity contribution in [3.8, 4) is 0 Å². The molecule has 8 nitrogen and oxygen atoms in total. The van der Waals surface area contributed by atoms with Gasteiger partial charge in [-0.05, 0) is 38.5 Å². The van der Waals surface area contributed by atoms with Gasteiger partial charge in [0.1, 0.15) is 31.0 Å². The van der Waals surface area contributed by atoms with Crippen LogP contribution in [0.5, 0.6) is 0 Å². The number of rotatable bonds is 4. The zero-order chi connectivity index (χ0) is 22.6. The summed E-state index contributed by atoms with van der Waals surface area (Å²) in [5, 5.41) is 20.5. The Morgan fingerprint density at radius 2 is 1.93 bits per heavy atom. The van der Waals surface area contributed by atoms with Crippen LogP contribution in [0.4, 0.5) is 0 Å². The number of esters is 3. The van der Waals surface area contributed by atoms with E-state index < -0.39 is 48.2 Å². The van der Waals surface area contributed by atoms with Gasteiger partial charge in [0.25, 0.3) is 0 Å². The smallest absolute Gasteiger partial charge is 0.334 e. The lowest BCUT2D eigenvalue weighted by molar-refractivity contribution is -0.147. The monoisotopic (exact) mass is 420 g/mol. The van der Waals surface area contributed by atoms with Crippen LogP contribution in [0, 0.1) is 5.92 Å². The van der Waals surface area contributed by atoms with E-state index in [0.29, 0.717) is 11.1 Å². The number of aliphatic hydroxyl groups excluding tert-OH is 2. The molecule has 1 fully saturated rings. The molecule has 0 radical (unpaired) electrons. The lowest BCUT2D eigenvalue weighted by Gasteiger charge is -2.29. The molecule has 0 unspecified atom stereocenters. The van der Waals surface area contributed by atoms with Gasteiger partial charge >= 0.3 is 17.9 Å². The van der Waals surface area contributed by atoms with E-state index in [1.54, 1.807) is 19.9 Å². The first-order valence-corrected chi connectivity index (χ1v) is 9.63. The van der Waals surface area contributed by atoms with Crippen LogP contribution in [0.1, 0.15) is 34.1 Å². The van der Waals surface area contributed by atoms with Crippen molar-refractivity contribution in [2.45, 2.75) is 58.5 Å². The summed E-state index contributed by atoms with van der Waals surface area (Å²) in [5.74, 6) is -2.36. The summed E-state index contributed by atoms with van der Waals surface area (Å²) < 4.78 is 15.9. The zero-order valence-electron chi connectivity index (χ0n) is 17.6. The van der Waals surface area contributed by atoms with E-state index in [0.717, 1.165) is 0 Å². The summed E-state index contributed by atoms with van der Waals surface area (Å²) in [6, 6.07) is 0. The van der Waals surface area contributed by atoms with Crippen molar-refractivity contribution < 1.29 is 38.8 Å². The molecule has 0 aromatic heterocycles. The fourth-order valence-corrected chi connectivity index (χ4v) is 3.42. The van der Waals surface area contributed by atoms with Crippen molar-refractivity contribution in [1.29, 1.82) is 0 Å². The lowest BCUT2D eigenvalue weighted by Crippen LogP contribution is -2.35. The van der Waals surface area contributed by atoms with Crippen molar-refractivity contribution in [2.24, 2.45) is 5.92 Å². The predicted molar refractivity (Wildman–Crippen MR) is 107 cm³/mol. The Balaban J connectivity index is 2.34. The number of carbonyl (C=O) groups is 3. The molecule has 5 atom stereocenters. The Labute approximate surface area is 175 Å². The minimum Gasteiger partial charge on any atom is -0.462 e. The number of carbonyl (C=O) groups excluding carboxylic acids is 3. The molecule has 2 aliphatic rings. The fourth-order valence-electron chi connectivity index (χ4n) is 3.42. The van der Waals surface area contributed by atoms with Crippen LogP contribution < -0.4 is 0 Å². The van der Waals surface area contributed by atoms with Gasteiger partial charge in [-0.2, -0.15) is 0 Å². The number of ether oxygens (including phenoxy) is 3. The van der Waals surface area contributed by atoms with Gasteiger partial charge in [0.2, 0.25) is 0 Å². The van der Waals surface area contributed by atoms with E-state index >= 15 is 0 Å². The average Bonchev–Trinajstić information content (AvgIpc) is 2.92. The van der Waals surface area contributed by atoms with E-state index in [9.17, 15) is 24.6 Å². The Morgan fingerprint density at radius 1 is 1.27 bits per heavy atom. The zero-order valence-corrected chi connectivity index (χ0v) is 17.6.